The van der Waals surface area contributed by atoms with E-state index in [0.717, 1.165) is 18.1 Å². The number of nitrogens with one attached hydrogen (secondary N) is 1. The molecular formula is C17H27ClN2. The third kappa shape index (κ3) is 4.13. The molecule has 0 radical (unpaired) electrons. The maximum atomic E-state index is 6.52. The van der Waals surface area contributed by atoms with Crippen molar-refractivity contribution < 1.29 is 0 Å². The zero-order chi connectivity index (χ0) is 14.5. The first-order chi connectivity index (χ1) is 9.63. The van der Waals surface area contributed by atoms with Gasteiger partial charge in [-0.2, -0.15) is 0 Å². The summed E-state index contributed by atoms with van der Waals surface area (Å²) in [5, 5.41) is 4.41. The average molecular weight is 295 g/mol. The summed E-state index contributed by atoms with van der Waals surface area (Å²) in [5.41, 5.74) is 2.59. The van der Waals surface area contributed by atoms with Gasteiger partial charge in [-0.1, -0.05) is 50.9 Å². The number of para-hydroxylation sites is 1. The Morgan fingerprint density at radius 3 is 2.70 bits per heavy atom. The lowest BCUT2D eigenvalue weighted by molar-refractivity contribution is 0.587. The van der Waals surface area contributed by atoms with Gasteiger partial charge in [0, 0.05) is 25.2 Å². The van der Waals surface area contributed by atoms with Crippen molar-refractivity contribution in [3.63, 3.8) is 0 Å². The first-order valence-electron chi connectivity index (χ1n) is 7.91. The molecule has 1 fully saturated rings. The van der Waals surface area contributed by atoms with Gasteiger partial charge >= 0.3 is 0 Å². The Hall–Kier alpha value is -0.730. The second kappa shape index (κ2) is 7.33. The Bertz CT molecular complexity index is 427. The second-order valence-corrected chi connectivity index (χ2v) is 6.47. The van der Waals surface area contributed by atoms with Gasteiger partial charge in [-0.25, -0.2) is 0 Å². The van der Waals surface area contributed by atoms with E-state index >= 15 is 0 Å². The van der Waals surface area contributed by atoms with E-state index in [1.54, 1.807) is 0 Å². The molecule has 1 aromatic rings. The van der Waals surface area contributed by atoms with Crippen LogP contribution in [-0.4, -0.2) is 18.6 Å². The lowest BCUT2D eigenvalue weighted by Crippen LogP contribution is -2.30. The highest BCUT2D eigenvalue weighted by molar-refractivity contribution is 6.33. The summed E-state index contributed by atoms with van der Waals surface area (Å²) in [7, 11) is 0. The van der Waals surface area contributed by atoms with Gasteiger partial charge in [-0.15, -0.1) is 0 Å². The number of anilines is 1. The number of rotatable bonds is 8. The first-order valence-corrected chi connectivity index (χ1v) is 8.28. The molecule has 3 heteroatoms. The molecule has 0 saturated heterocycles. The topological polar surface area (TPSA) is 15.3 Å². The van der Waals surface area contributed by atoms with Gasteiger partial charge in [0.2, 0.25) is 0 Å². The Morgan fingerprint density at radius 1 is 1.35 bits per heavy atom. The molecule has 0 heterocycles. The van der Waals surface area contributed by atoms with Crippen LogP contribution in [0, 0.1) is 0 Å². The van der Waals surface area contributed by atoms with Crippen LogP contribution in [-0.2, 0) is 6.54 Å². The standard InChI is InChI=1S/C17H27ClN2/c1-4-5-11-20(15-9-10-15)17-14(12-19-13(2)3)7-6-8-16(17)18/h6-8,13,15,19H,4-5,9-12H2,1-3H3. The molecule has 20 heavy (non-hydrogen) atoms. The van der Waals surface area contributed by atoms with Crippen LogP contribution in [0.1, 0.15) is 52.0 Å². The van der Waals surface area contributed by atoms with E-state index in [1.165, 1.54) is 36.9 Å². The van der Waals surface area contributed by atoms with Crippen molar-refractivity contribution in [2.75, 3.05) is 11.4 Å². The molecule has 1 aromatic carbocycles. The molecule has 0 amide bonds. The third-order valence-corrected chi connectivity index (χ3v) is 4.10. The highest BCUT2D eigenvalue weighted by Crippen LogP contribution is 2.38. The summed E-state index contributed by atoms with van der Waals surface area (Å²) in [4.78, 5) is 2.54. The molecule has 2 rings (SSSR count). The van der Waals surface area contributed by atoms with Crippen LogP contribution in [0.25, 0.3) is 0 Å². The van der Waals surface area contributed by atoms with E-state index < -0.39 is 0 Å². The number of hydrogen-bond donors (Lipinski definition) is 1. The van der Waals surface area contributed by atoms with Crippen LogP contribution in [0.3, 0.4) is 0 Å². The summed E-state index contributed by atoms with van der Waals surface area (Å²) in [6, 6.07) is 7.49. The largest absolute Gasteiger partial charge is 0.367 e. The minimum absolute atomic E-state index is 0.492. The normalized spacial score (nSPS) is 14.8. The maximum absolute atomic E-state index is 6.52. The van der Waals surface area contributed by atoms with E-state index in [0.29, 0.717) is 12.1 Å². The monoisotopic (exact) mass is 294 g/mol. The lowest BCUT2D eigenvalue weighted by atomic mass is 10.1. The van der Waals surface area contributed by atoms with Crippen molar-refractivity contribution in [2.24, 2.45) is 0 Å². The number of halogens is 1. The van der Waals surface area contributed by atoms with Gasteiger partial charge in [-0.05, 0) is 30.9 Å². The molecule has 0 aromatic heterocycles. The van der Waals surface area contributed by atoms with Crippen molar-refractivity contribution in [3.8, 4) is 0 Å². The van der Waals surface area contributed by atoms with Gasteiger partial charge in [-0.3, -0.25) is 0 Å². The number of unbranched alkanes of at least 4 members (excludes halogenated alkanes) is 1. The van der Waals surface area contributed by atoms with E-state index in [9.17, 15) is 0 Å². The van der Waals surface area contributed by atoms with Gasteiger partial charge in [0.15, 0.2) is 0 Å². The summed E-state index contributed by atoms with van der Waals surface area (Å²) in [6.45, 7) is 8.63. The van der Waals surface area contributed by atoms with Crippen molar-refractivity contribution in [1.82, 2.24) is 5.32 Å². The van der Waals surface area contributed by atoms with Crippen LogP contribution < -0.4 is 10.2 Å². The van der Waals surface area contributed by atoms with Crippen molar-refractivity contribution in [3.05, 3.63) is 28.8 Å². The summed E-state index contributed by atoms with van der Waals surface area (Å²) in [6.07, 6.45) is 5.09. The van der Waals surface area contributed by atoms with Crippen molar-refractivity contribution >= 4 is 17.3 Å². The van der Waals surface area contributed by atoms with Crippen LogP contribution in [0.2, 0.25) is 5.02 Å². The minimum Gasteiger partial charge on any atom is -0.367 e. The Labute approximate surface area is 128 Å². The van der Waals surface area contributed by atoms with E-state index in [1.807, 2.05) is 6.07 Å². The Kier molecular flexibility index (Phi) is 5.74. The van der Waals surface area contributed by atoms with Gasteiger partial charge in [0.1, 0.15) is 0 Å². The number of nitrogens with zero attached hydrogens (tertiary/aromatic N) is 1. The zero-order valence-corrected chi connectivity index (χ0v) is 13.7. The zero-order valence-electron chi connectivity index (χ0n) is 13.0. The summed E-state index contributed by atoms with van der Waals surface area (Å²) in [5.74, 6) is 0. The fourth-order valence-electron chi connectivity index (χ4n) is 2.53. The molecule has 0 spiro atoms. The van der Waals surface area contributed by atoms with Crippen molar-refractivity contribution in [2.45, 2.75) is 65.1 Å². The number of benzene rings is 1. The SMILES string of the molecule is CCCCN(c1c(Cl)cccc1CNC(C)C)C1CC1. The molecule has 0 aliphatic heterocycles. The molecular weight excluding hydrogens is 268 g/mol. The van der Waals surface area contributed by atoms with Crippen LogP contribution in [0.4, 0.5) is 5.69 Å². The predicted octanol–water partition coefficient (Wildman–Crippen LogP) is 4.61. The van der Waals surface area contributed by atoms with Gasteiger partial charge in [0.05, 0.1) is 10.7 Å². The van der Waals surface area contributed by atoms with Gasteiger partial charge in [0.25, 0.3) is 0 Å². The first kappa shape index (κ1) is 15.7. The van der Waals surface area contributed by atoms with E-state index in [4.69, 9.17) is 11.6 Å². The second-order valence-electron chi connectivity index (χ2n) is 6.06. The van der Waals surface area contributed by atoms with Crippen LogP contribution >= 0.6 is 11.6 Å². The average Bonchev–Trinajstić information content (AvgIpc) is 3.23. The Balaban J connectivity index is 2.21. The minimum atomic E-state index is 0.492. The summed E-state index contributed by atoms with van der Waals surface area (Å²) >= 11 is 6.52. The smallest absolute Gasteiger partial charge is 0.0643 e. The van der Waals surface area contributed by atoms with Gasteiger partial charge < -0.3 is 10.2 Å². The molecule has 1 N–H and O–H groups in total. The fraction of sp³-hybridized carbons (Fsp3) is 0.647. The molecule has 1 aliphatic rings. The fourth-order valence-corrected chi connectivity index (χ4v) is 2.83. The molecule has 1 aliphatic carbocycles. The quantitative estimate of drug-likeness (QED) is 0.753. The molecule has 0 unspecified atom stereocenters. The highest BCUT2D eigenvalue weighted by Gasteiger charge is 2.31. The van der Waals surface area contributed by atoms with Crippen LogP contribution in [0.5, 0.6) is 0 Å². The highest BCUT2D eigenvalue weighted by atomic mass is 35.5. The van der Waals surface area contributed by atoms with E-state index in [-0.39, 0.29) is 0 Å². The maximum Gasteiger partial charge on any atom is 0.0643 e. The summed E-state index contributed by atoms with van der Waals surface area (Å²) < 4.78 is 0. The molecule has 112 valence electrons. The molecule has 0 atom stereocenters. The lowest BCUT2D eigenvalue weighted by Gasteiger charge is -2.28. The third-order valence-electron chi connectivity index (χ3n) is 3.80. The Morgan fingerprint density at radius 2 is 2.10 bits per heavy atom. The molecule has 2 nitrogen and oxygen atoms in total. The van der Waals surface area contributed by atoms with E-state index in [2.05, 4.69) is 43.1 Å². The predicted molar refractivity (Wildman–Crippen MR) is 88.7 cm³/mol. The molecule has 1 saturated carbocycles. The van der Waals surface area contributed by atoms with Crippen molar-refractivity contribution in [1.29, 1.82) is 0 Å². The van der Waals surface area contributed by atoms with Crippen LogP contribution in [0.15, 0.2) is 18.2 Å². The molecule has 0 bridgehead atoms. The number of hydrogen-bond acceptors (Lipinski definition) is 2.